The number of hydrogen-bond acceptors (Lipinski definition) is 2. The van der Waals surface area contributed by atoms with Crippen LogP contribution in [0.2, 0.25) is 0 Å². The first-order valence-electron chi connectivity index (χ1n) is 3.46. The second-order valence-electron chi connectivity index (χ2n) is 2.30. The molecule has 2 amide bonds. The van der Waals surface area contributed by atoms with Crippen molar-refractivity contribution in [2.45, 2.75) is 0 Å². The van der Waals surface area contributed by atoms with Gasteiger partial charge in [-0.15, -0.1) is 0 Å². The third-order valence-corrected chi connectivity index (χ3v) is 2.04. The second-order valence-corrected chi connectivity index (χ2v) is 3.15. The Hall–Kier alpha value is -1.36. The molecule has 0 aromatic heterocycles. The van der Waals surface area contributed by atoms with Gasteiger partial charge >= 0.3 is 11.8 Å². The highest BCUT2D eigenvalue weighted by Gasteiger charge is 2.09. The number of nitrogens with two attached hydrogens (primary N) is 1. The van der Waals surface area contributed by atoms with Gasteiger partial charge < -0.3 is 11.1 Å². The topological polar surface area (TPSA) is 72.2 Å². The van der Waals surface area contributed by atoms with Crippen molar-refractivity contribution in [3.8, 4) is 0 Å². The first kappa shape index (κ1) is 9.73. The molecule has 0 radical (unpaired) electrons. The van der Waals surface area contributed by atoms with Gasteiger partial charge in [-0.05, 0) is 28.1 Å². The molecule has 0 aliphatic rings. The summed E-state index contributed by atoms with van der Waals surface area (Å²) in [6.07, 6.45) is 0. The van der Waals surface area contributed by atoms with Crippen molar-refractivity contribution in [3.63, 3.8) is 0 Å². The zero-order valence-corrected chi connectivity index (χ0v) is 8.17. The third kappa shape index (κ3) is 2.55. The van der Waals surface area contributed by atoms with Crippen LogP contribution in [-0.2, 0) is 9.59 Å². The van der Waals surface area contributed by atoms with Crippen molar-refractivity contribution >= 4 is 33.4 Å². The minimum atomic E-state index is -1.00. The van der Waals surface area contributed by atoms with Crippen molar-refractivity contribution in [3.05, 3.63) is 28.7 Å². The number of anilines is 1. The highest BCUT2D eigenvalue weighted by molar-refractivity contribution is 9.10. The van der Waals surface area contributed by atoms with Gasteiger partial charge in [0, 0.05) is 4.47 Å². The summed E-state index contributed by atoms with van der Waals surface area (Å²) in [5, 5.41) is 2.35. The van der Waals surface area contributed by atoms with E-state index >= 15 is 0 Å². The number of para-hydroxylation sites is 1. The van der Waals surface area contributed by atoms with E-state index in [1.54, 1.807) is 24.3 Å². The van der Waals surface area contributed by atoms with Crippen LogP contribution in [0.5, 0.6) is 0 Å². The van der Waals surface area contributed by atoms with Crippen LogP contribution in [0.25, 0.3) is 0 Å². The Kier molecular flexibility index (Phi) is 3.02. The van der Waals surface area contributed by atoms with E-state index in [1.807, 2.05) is 0 Å². The Morgan fingerprint density at radius 1 is 1.31 bits per heavy atom. The van der Waals surface area contributed by atoms with Crippen molar-refractivity contribution in [1.82, 2.24) is 0 Å². The molecule has 0 bridgehead atoms. The number of amides is 2. The van der Waals surface area contributed by atoms with Gasteiger partial charge in [0.1, 0.15) is 0 Å². The molecule has 0 unspecified atom stereocenters. The largest absolute Gasteiger partial charge is 0.361 e. The summed E-state index contributed by atoms with van der Waals surface area (Å²) in [5.41, 5.74) is 5.29. The molecular formula is C8H7BrN2O2. The normalized spacial score (nSPS) is 9.31. The molecular weight excluding hydrogens is 236 g/mol. The molecule has 13 heavy (non-hydrogen) atoms. The molecule has 1 aromatic carbocycles. The molecule has 0 aliphatic heterocycles. The number of hydrogen-bond donors (Lipinski definition) is 2. The number of nitrogens with one attached hydrogen (secondary N) is 1. The van der Waals surface area contributed by atoms with Crippen LogP contribution >= 0.6 is 15.9 Å². The monoisotopic (exact) mass is 242 g/mol. The number of rotatable bonds is 1. The van der Waals surface area contributed by atoms with Gasteiger partial charge in [-0.3, -0.25) is 9.59 Å². The fourth-order valence-corrected chi connectivity index (χ4v) is 1.13. The van der Waals surface area contributed by atoms with E-state index in [9.17, 15) is 9.59 Å². The molecule has 1 aromatic rings. The quantitative estimate of drug-likeness (QED) is 0.718. The third-order valence-electron chi connectivity index (χ3n) is 1.35. The minimum absolute atomic E-state index is 0.520. The molecule has 4 nitrogen and oxygen atoms in total. The molecule has 5 heteroatoms. The molecule has 1 rings (SSSR count). The summed E-state index contributed by atoms with van der Waals surface area (Å²) < 4.78 is 0.699. The minimum Gasteiger partial charge on any atom is -0.361 e. The van der Waals surface area contributed by atoms with Crippen molar-refractivity contribution < 1.29 is 9.59 Å². The van der Waals surface area contributed by atoms with Crippen LogP contribution in [0.1, 0.15) is 0 Å². The molecule has 3 N–H and O–H groups in total. The smallest absolute Gasteiger partial charge is 0.313 e. The first-order chi connectivity index (χ1) is 6.11. The van der Waals surface area contributed by atoms with Crippen LogP contribution in [0.4, 0.5) is 5.69 Å². The SMILES string of the molecule is NC(=O)C(=O)Nc1ccccc1Br. The lowest BCUT2D eigenvalue weighted by molar-refractivity contribution is -0.134. The van der Waals surface area contributed by atoms with Crippen molar-refractivity contribution in [1.29, 1.82) is 0 Å². The highest BCUT2D eigenvalue weighted by atomic mass is 79.9. The van der Waals surface area contributed by atoms with E-state index in [0.717, 1.165) is 0 Å². The van der Waals surface area contributed by atoms with Crippen molar-refractivity contribution in [2.75, 3.05) is 5.32 Å². The maximum Gasteiger partial charge on any atom is 0.313 e. The summed E-state index contributed by atoms with van der Waals surface area (Å²) in [7, 11) is 0. The Morgan fingerprint density at radius 3 is 2.46 bits per heavy atom. The van der Waals surface area contributed by atoms with E-state index in [0.29, 0.717) is 10.2 Å². The Balaban J connectivity index is 2.81. The van der Waals surface area contributed by atoms with Gasteiger partial charge in [-0.1, -0.05) is 12.1 Å². The maximum atomic E-state index is 10.9. The predicted octanol–water partition coefficient (Wildman–Crippen LogP) is 0.873. The van der Waals surface area contributed by atoms with Gasteiger partial charge in [0.05, 0.1) is 5.69 Å². The lowest BCUT2D eigenvalue weighted by Gasteiger charge is -2.03. The lowest BCUT2D eigenvalue weighted by atomic mass is 10.3. The van der Waals surface area contributed by atoms with Crippen LogP contribution < -0.4 is 11.1 Å². The van der Waals surface area contributed by atoms with Crippen LogP contribution in [0.15, 0.2) is 28.7 Å². The predicted molar refractivity (Wildman–Crippen MR) is 52.0 cm³/mol. The highest BCUT2D eigenvalue weighted by Crippen LogP contribution is 2.20. The average molecular weight is 243 g/mol. The summed E-state index contributed by atoms with van der Waals surface area (Å²) in [4.78, 5) is 21.3. The van der Waals surface area contributed by atoms with Crippen LogP contribution in [-0.4, -0.2) is 11.8 Å². The zero-order chi connectivity index (χ0) is 9.84. The zero-order valence-electron chi connectivity index (χ0n) is 6.58. The standard InChI is InChI=1S/C8H7BrN2O2/c9-5-3-1-2-4-6(5)11-8(13)7(10)12/h1-4H,(H2,10,12)(H,11,13). The second kappa shape index (κ2) is 4.04. The van der Waals surface area contributed by atoms with E-state index < -0.39 is 11.8 Å². The Morgan fingerprint density at radius 2 is 1.92 bits per heavy atom. The fourth-order valence-electron chi connectivity index (χ4n) is 0.746. The van der Waals surface area contributed by atoms with E-state index in [2.05, 4.69) is 21.2 Å². The van der Waals surface area contributed by atoms with Crippen LogP contribution in [0.3, 0.4) is 0 Å². The van der Waals surface area contributed by atoms with E-state index in [-0.39, 0.29) is 0 Å². The molecule has 0 spiro atoms. The number of benzene rings is 1. The Labute approximate surface area is 83.2 Å². The molecule has 0 saturated carbocycles. The van der Waals surface area contributed by atoms with E-state index in [1.165, 1.54) is 0 Å². The number of halogens is 1. The number of primary amides is 1. The summed E-state index contributed by atoms with van der Waals surface area (Å²) in [5.74, 6) is -1.83. The molecule has 0 aliphatic carbocycles. The Bertz CT molecular complexity index is 352. The van der Waals surface area contributed by atoms with Gasteiger partial charge in [0.15, 0.2) is 0 Å². The van der Waals surface area contributed by atoms with Gasteiger partial charge in [-0.2, -0.15) is 0 Å². The molecule has 0 fully saturated rings. The fraction of sp³-hybridized carbons (Fsp3) is 0. The molecule has 0 heterocycles. The lowest BCUT2D eigenvalue weighted by Crippen LogP contribution is -2.29. The van der Waals surface area contributed by atoms with Gasteiger partial charge in [0.2, 0.25) is 0 Å². The van der Waals surface area contributed by atoms with Crippen LogP contribution in [0, 0.1) is 0 Å². The summed E-state index contributed by atoms with van der Waals surface area (Å²) >= 11 is 3.21. The summed E-state index contributed by atoms with van der Waals surface area (Å²) in [6.45, 7) is 0. The average Bonchev–Trinajstić information content (AvgIpc) is 2.08. The maximum absolute atomic E-state index is 10.9. The molecule has 0 atom stereocenters. The molecule has 68 valence electrons. The first-order valence-corrected chi connectivity index (χ1v) is 4.26. The van der Waals surface area contributed by atoms with Gasteiger partial charge in [0.25, 0.3) is 0 Å². The van der Waals surface area contributed by atoms with Gasteiger partial charge in [-0.25, -0.2) is 0 Å². The summed E-state index contributed by atoms with van der Waals surface area (Å²) in [6, 6.07) is 6.94. The number of carbonyl (C=O) groups is 2. The van der Waals surface area contributed by atoms with E-state index in [4.69, 9.17) is 5.73 Å². The van der Waals surface area contributed by atoms with Crippen molar-refractivity contribution in [2.24, 2.45) is 5.73 Å². The molecule has 0 saturated heterocycles. The number of carbonyl (C=O) groups excluding carboxylic acids is 2.